The van der Waals surface area contributed by atoms with Crippen molar-refractivity contribution in [2.75, 3.05) is 12.0 Å². The molecule has 0 N–H and O–H groups in total. The van der Waals surface area contributed by atoms with Crippen LogP contribution in [0, 0.1) is 0 Å². The molecule has 0 amide bonds. The lowest BCUT2D eigenvalue weighted by atomic mass is 10.1. The Hall–Kier alpha value is -1.28. The molecule has 1 nitrogen and oxygen atoms in total. The van der Waals surface area contributed by atoms with E-state index >= 15 is 0 Å². The van der Waals surface area contributed by atoms with E-state index in [2.05, 4.69) is 30.0 Å². The Morgan fingerprint density at radius 1 is 1.33 bits per heavy atom. The molecule has 0 radical (unpaired) electrons. The van der Waals surface area contributed by atoms with Crippen LogP contribution in [0.15, 0.2) is 43.1 Å². The van der Waals surface area contributed by atoms with Gasteiger partial charge in [0.05, 0.1) is 5.69 Å². The Morgan fingerprint density at radius 3 is 2.93 bits per heavy atom. The molecule has 0 spiro atoms. The van der Waals surface area contributed by atoms with E-state index in [1.54, 1.807) is 11.8 Å². The molecule has 1 aromatic carbocycles. The minimum Gasteiger partial charge on any atom is -0.256 e. The summed E-state index contributed by atoms with van der Waals surface area (Å²) < 4.78 is 0. The molecule has 0 aliphatic rings. The highest BCUT2D eigenvalue weighted by atomic mass is 32.2. The van der Waals surface area contributed by atoms with Crippen molar-refractivity contribution in [2.45, 2.75) is 0 Å². The highest BCUT2D eigenvalue weighted by molar-refractivity contribution is 7.99. The van der Waals surface area contributed by atoms with Gasteiger partial charge in [-0.2, -0.15) is 11.8 Å². The maximum Gasteiger partial charge on any atom is 0.0742 e. The number of rotatable bonds is 3. The van der Waals surface area contributed by atoms with E-state index in [0.29, 0.717) is 0 Å². The lowest BCUT2D eigenvalue weighted by Crippen LogP contribution is -1.91. The average molecular weight is 215 g/mol. The molecule has 1 heterocycles. The molecule has 0 atom stereocenters. The number of fused-ring (bicyclic) bond motifs is 1. The Morgan fingerprint density at radius 2 is 2.13 bits per heavy atom. The van der Waals surface area contributed by atoms with Crippen molar-refractivity contribution in [3.8, 4) is 0 Å². The Kier molecular flexibility index (Phi) is 3.07. The van der Waals surface area contributed by atoms with Gasteiger partial charge in [0.1, 0.15) is 0 Å². The van der Waals surface area contributed by atoms with Crippen LogP contribution in [0.25, 0.3) is 16.3 Å². The summed E-state index contributed by atoms with van der Waals surface area (Å²) >= 11 is 1.77. The van der Waals surface area contributed by atoms with Crippen LogP contribution in [-0.4, -0.2) is 17.0 Å². The molecule has 2 rings (SSSR count). The monoisotopic (exact) mass is 215 g/mol. The van der Waals surface area contributed by atoms with Gasteiger partial charge < -0.3 is 0 Å². The molecule has 0 aliphatic heterocycles. The van der Waals surface area contributed by atoms with Crippen molar-refractivity contribution in [3.05, 3.63) is 48.8 Å². The van der Waals surface area contributed by atoms with Gasteiger partial charge in [0.15, 0.2) is 0 Å². The summed E-state index contributed by atoms with van der Waals surface area (Å²) in [5.41, 5.74) is 2.13. The van der Waals surface area contributed by atoms with Gasteiger partial charge in [-0.3, -0.25) is 4.98 Å². The van der Waals surface area contributed by atoms with E-state index in [1.165, 1.54) is 10.8 Å². The third-order valence-corrected chi connectivity index (χ3v) is 2.96. The second-order valence-corrected chi connectivity index (χ2v) is 4.28. The first-order chi connectivity index (χ1) is 7.33. The maximum atomic E-state index is 4.41. The third-order valence-electron chi connectivity index (χ3n) is 2.33. The van der Waals surface area contributed by atoms with Gasteiger partial charge in [-0.15, -0.1) is 0 Å². The number of hydrogen-bond acceptors (Lipinski definition) is 2. The predicted octanol–water partition coefficient (Wildman–Crippen LogP) is 3.61. The van der Waals surface area contributed by atoms with Gasteiger partial charge in [0.2, 0.25) is 0 Å². The Labute approximate surface area is 94.2 Å². The Bertz CT molecular complexity index is 485. The first-order valence-electron chi connectivity index (χ1n) is 4.84. The smallest absolute Gasteiger partial charge is 0.0742 e. The van der Waals surface area contributed by atoms with Crippen LogP contribution in [0.5, 0.6) is 0 Å². The van der Waals surface area contributed by atoms with Crippen LogP contribution in [0.3, 0.4) is 0 Å². The van der Waals surface area contributed by atoms with Gasteiger partial charge in [-0.1, -0.05) is 30.8 Å². The first-order valence-corrected chi connectivity index (χ1v) is 6.23. The van der Waals surface area contributed by atoms with E-state index in [0.717, 1.165) is 17.0 Å². The fourth-order valence-electron chi connectivity index (χ4n) is 1.64. The third kappa shape index (κ3) is 2.05. The Balaban J connectivity index is 2.56. The molecule has 1 aromatic heterocycles. The average Bonchev–Trinajstić information content (AvgIpc) is 2.28. The summed E-state index contributed by atoms with van der Waals surface area (Å²) in [6, 6.07) is 10.3. The standard InChI is InChI=1S/C13H13NS/c1-10(9-15-2)13-12-6-4-3-5-11(12)7-8-14-13/h3-8H,1,9H2,2H3. The lowest BCUT2D eigenvalue weighted by Gasteiger charge is -2.06. The van der Waals surface area contributed by atoms with E-state index < -0.39 is 0 Å². The zero-order chi connectivity index (χ0) is 10.7. The fraction of sp³-hybridized carbons (Fsp3) is 0.154. The topological polar surface area (TPSA) is 12.9 Å². The largest absolute Gasteiger partial charge is 0.256 e. The minimum absolute atomic E-state index is 0.932. The van der Waals surface area contributed by atoms with Crippen LogP contribution >= 0.6 is 11.8 Å². The summed E-state index contributed by atoms with van der Waals surface area (Å²) in [5, 5.41) is 2.42. The first kappa shape index (κ1) is 10.2. The quantitative estimate of drug-likeness (QED) is 0.775. The van der Waals surface area contributed by atoms with Crippen molar-refractivity contribution in [3.63, 3.8) is 0 Å². The summed E-state index contributed by atoms with van der Waals surface area (Å²) in [5.74, 6) is 0.932. The zero-order valence-corrected chi connectivity index (χ0v) is 9.55. The molecular formula is C13H13NS. The van der Waals surface area contributed by atoms with Gasteiger partial charge >= 0.3 is 0 Å². The van der Waals surface area contributed by atoms with Crippen LogP contribution in [0.2, 0.25) is 0 Å². The van der Waals surface area contributed by atoms with Gasteiger partial charge in [-0.25, -0.2) is 0 Å². The van der Waals surface area contributed by atoms with E-state index in [4.69, 9.17) is 0 Å². The molecular weight excluding hydrogens is 202 g/mol. The number of aromatic nitrogens is 1. The summed E-state index contributed by atoms with van der Waals surface area (Å²) in [4.78, 5) is 4.41. The normalized spacial score (nSPS) is 10.5. The number of benzene rings is 1. The van der Waals surface area contributed by atoms with Crippen molar-refractivity contribution >= 4 is 28.1 Å². The molecule has 76 valence electrons. The van der Waals surface area contributed by atoms with Gasteiger partial charge in [0, 0.05) is 17.3 Å². The van der Waals surface area contributed by atoms with Crippen LogP contribution in [0.1, 0.15) is 5.69 Å². The molecule has 0 bridgehead atoms. The minimum atomic E-state index is 0.932. The summed E-state index contributed by atoms with van der Waals surface area (Å²) in [6.07, 6.45) is 3.93. The maximum absolute atomic E-state index is 4.41. The van der Waals surface area contributed by atoms with Gasteiger partial charge in [-0.05, 0) is 23.3 Å². The van der Waals surface area contributed by atoms with E-state index in [1.807, 2.05) is 24.4 Å². The highest BCUT2D eigenvalue weighted by Crippen LogP contribution is 2.23. The number of hydrogen-bond donors (Lipinski definition) is 0. The van der Waals surface area contributed by atoms with Crippen molar-refractivity contribution in [1.82, 2.24) is 4.98 Å². The lowest BCUT2D eigenvalue weighted by molar-refractivity contribution is 1.31. The molecule has 0 saturated heterocycles. The molecule has 0 saturated carbocycles. The van der Waals surface area contributed by atoms with Crippen LogP contribution in [0.4, 0.5) is 0 Å². The highest BCUT2D eigenvalue weighted by Gasteiger charge is 2.04. The molecule has 0 fully saturated rings. The molecule has 2 aromatic rings. The molecule has 0 aliphatic carbocycles. The second-order valence-electron chi connectivity index (χ2n) is 3.42. The SMILES string of the molecule is C=C(CSC)c1nccc2ccccc12. The number of nitrogens with zero attached hydrogens (tertiary/aromatic N) is 1. The summed E-state index contributed by atoms with van der Waals surface area (Å²) in [7, 11) is 0. The van der Waals surface area contributed by atoms with Crippen molar-refractivity contribution < 1.29 is 0 Å². The molecule has 15 heavy (non-hydrogen) atoms. The number of thioether (sulfide) groups is 1. The van der Waals surface area contributed by atoms with E-state index in [-0.39, 0.29) is 0 Å². The zero-order valence-electron chi connectivity index (χ0n) is 8.73. The van der Waals surface area contributed by atoms with Crippen molar-refractivity contribution in [1.29, 1.82) is 0 Å². The number of pyridine rings is 1. The fourth-order valence-corrected chi connectivity index (χ4v) is 2.13. The molecule has 0 unspecified atom stereocenters. The predicted molar refractivity (Wildman–Crippen MR) is 69.2 cm³/mol. The van der Waals surface area contributed by atoms with Crippen LogP contribution in [-0.2, 0) is 0 Å². The van der Waals surface area contributed by atoms with Crippen molar-refractivity contribution in [2.24, 2.45) is 0 Å². The second kappa shape index (κ2) is 4.49. The van der Waals surface area contributed by atoms with Crippen LogP contribution < -0.4 is 0 Å². The molecule has 2 heteroatoms. The van der Waals surface area contributed by atoms with E-state index in [9.17, 15) is 0 Å². The summed E-state index contributed by atoms with van der Waals surface area (Å²) in [6.45, 7) is 4.08. The van der Waals surface area contributed by atoms with Gasteiger partial charge in [0.25, 0.3) is 0 Å².